The van der Waals surface area contributed by atoms with Crippen molar-refractivity contribution in [1.82, 2.24) is 4.57 Å². The van der Waals surface area contributed by atoms with Gasteiger partial charge in [-0.25, -0.2) is 0 Å². The van der Waals surface area contributed by atoms with Gasteiger partial charge in [-0.1, -0.05) is 47.5 Å². The van der Waals surface area contributed by atoms with Crippen LogP contribution in [0.4, 0.5) is 0 Å². The lowest BCUT2D eigenvalue weighted by atomic mass is 10.0. The first kappa shape index (κ1) is 15.7. The molecule has 0 aliphatic rings. The van der Waals surface area contributed by atoms with Crippen molar-refractivity contribution in [2.75, 3.05) is 0 Å². The molecule has 0 radical (unpaired) electrons. The van der Waals surface area contributed by atoms with Crippen LogP contribution in [0.15, 0.2) is 48.7 Å². The van der Waals surface area contributed by atoms with Crippen LogP contribution in [-0.4, -0.2) is 4.57 Å². The predicted octanol–water partition coefficient (Wildman–Crippen LogP) is 6.03. The average molecular weight is 341 g/mol. The van der Waals surface area contributed by atoms with Gasteiger partial charge < -0.3 is 4.57 Å². The van der Waals surface area contributed by atoms with Crippen molar-refractivity contribution in [3.8, 4) is 6.07 Å². The van der Waals surface area contributed by atoms with Crippen LogP contribution in [0.3, 0.4) is 0 Å². The Morgan fingerprint density at radius 2 is 1.96 bits per heavy atom. The van der Waals surface area contributed by atoms with E-state index in [-0.39, 0.29) is 0 Å². The van der Waals surface area contributed by atoms with Gasteiger partial charge in [0.15, 0.2) is 0 Å². The fraction of sp³-hybridized carbons (Fsp3) is 0.105. The number of hydrogen-bond donors (Lipinski definition) is 0. The molecule has 2 aromatic carbocycles. The van der Waals surface area contributed by atoms with Crippen LogP contribution < -0.4 is 0 Å². The maximum Gasteiger partial charge on any atom is 0.0998 e. The average Bonchev–Trinajstić information content (AvgIpc) is 2.93. The quantitative estimate of drug-likeness (QED) is 0.535. The van der Waals surface area contributed by atoms with Gasteiger partial charge in [0.2, 0.25) is 0 Å². The molecule has 0 atom stereocenters. The predicted molar refractivity (Wildman–Crippen MR) is 97.6 cm³/mol. The molecular weight excluding hydrogens is 327 g/mol. The Morgan fingerprint density at radius 1 is 1.17 bits per heavy atom. The molecule has 0 aliphatic carbocycles. The first-order valence-corrected chi connectivity index (χ1v) is 8.04. The molecule has 3 rings (SSSR count). The number of fused-ring (bicyclic) bond motifs is 1. The van der Waals surface area contributed by atoms with E-state index < -0.39 is 0 Å². The van der Waals surface area contributed by atoms with Crippen LogP contribution in [0.25, 0.3) is 22.6 Å². The van der Waals surface area contributed by atoms with Crippen molar-refractivity contribution in [2.24, 2.45) is 0 Å². The van der Waals surface area contributed by atoms with Gasteiger partial charge in [0.05, 0.1) is 21.7 Å². The number of aromatic nitrogens is 1. The number of para-hydroxylation sites is 1. The van der Waals surface area contributed by atoms with Crippen molar-refractivity contribution < 1.29 is 0 Å². The molecule has 0 fully saturated rings. The molecule has 3 aromatic rings. The van der Waals surface area contributed by atoms with E-state index in [4.69, 9.17) is 23.2 Å². The summed E-state index contributed by atoms with van der Waals surface area (Å²) in [6.07, 6.45) is 3.97. The molecule has 0 spiro atoms. The van der Waals surface area contributed by atoms with E-state index in [1.165, 1.54) is 0 Å². The molecule has 0 unspecified atom stereocenters. The molecule has 0 saturated carbocycles. The summed E-state index contributed by atoms with van der Waals surface area (Å²) in [4.78, 5) is 0. The zero-order chi connectivity index (χ0) is 16.4. The van der Waals surface area contributed by atoms with Crippen LogP contribution in [-0.2, 0) is 6.54 Å². The third-order valence-electron chi connectivity index (χ3n) is 3.81. The first-order chi connectivity index (χ1) is 11.1. The largest absolute Gasteiger partial charge is 0.347 e. The van der Waals surface area contributed by atoms with Gasteiger partial charge in [-0.3, -0.25) is 0 Å². The van der Waals surface area contributed by atoms with E-state index in [9.17, 15) is 5.26 Å². The highest BCUT2D eigenvalue weighted by molar-refractivity contribution is 6.42. The van der Waals surface area contributed by atoms with E-state index in [0.717, 1.165) is 28.6 Å². The Morgan fingerprint density at radius 3 is 2.65 bits per heavy atom. The van der Waals surface area contributed by atoms with Crippen LogP contribution >= 0.6 is 23.2 Å². The number of benzene rings is 2. The van der Waals surface area contributed by atoms with E-state index >= 15 is 0 Å². The van der Waals surface area contributed by atoms with Crippen molar-refractivity contribution >= 4 is 45.8 Å². The minimum absolute atomic E-state index is 0.446. The second-order valence-corrected chi connectivity index (χ2v) is 6.00. The minimum atomic E-state index is 0.446. The maximum absolute atomic E-state index is 9.54. The van der Waals surface area contributed by atoms with E-state index in [1.54, 1.807) is 12.1 Å². The molecule has 0 saturated heterocycles. The summed E-state index contributed by atoms with van der Waals surface area (Å²) in [6, 6.07) is 15.7. The lowest BCUT2D eigenvalue weighted by Crippen LogP contribution is -1.89. The number of nitrogens with zero attached hydrogens (tertiary/aromatic N) is 2. The smallest absolute Gasteiger partial charge is 0.0998 e. The lowest BCUT2D eigenvalue weighted by molar-refractivity contribution is 0.797. The first-order valence-electron chi connectivity index (χ1n) is 7.29. The number of allylic oxidation sites excluding steroid dienone is 1. The molecule has 0 N–H and O–H groups in total. The fourth-order valence-electron chi connectivity index (χ4n) is 2.65. The van der Waals surface area contributed by atoms with Crippen LogP contribution in [0.1, 0.15) is 18.1 Å². The van der Waals surface area contributed by atoms with Gasteiger partial charge in [0, 0.05) is 29.2 Å². The molecule has 0 aliphatic heterocycles. The summed E-state index contributed by atoms with van der Waals surface area (Å²) < 4.78 is 2.17. The molecule has 1 heterocycles. The standard InChI is InChI=1S/C19H14Cl2N2/c1-2-23-12-15(16-5-3-4-6-19(16)23)9-14(11-22)13-7-8-17(20)18(21)10-13/h3-10,12H,2H2,1H3/b14-9+. The van der Waals surface area contributed by atoms with Gasteiger partial charge in [0.25, 0.3) is 0 Å². The fourth-order valence-corrected chi connectivity index (χ4v) is 2.95. The maximum atomic E-state index is 9.54. The highest BCUT2D eigenvalue weighted by Crippen LogP contribution is 2.29. The summed E-state index contributed by atoms with van der Waals surface area (Å²) in [5.74, 6) is 0. The number of nitriles is 1. The Bertz CT molecular complexity index is 946. The number of hydrogen-bond acceptors (Lipinski definition) is 1. The van der Waals surface area contributed by atoms with Crippen molar-refractivity contribution in [3.05, 3.63) is 69.8 Å². The molecule has 0 amide bonds. The summed E-state index contributed by atoms with van der Waals surface area (Å²) in [5.41, 5.74) is 3.50. The zero-order valence-corrected chi connectivity index (χ0v) is 14.1. The lowest BCUT2D eigenvalue weighted by Gasteiger charge is -2.02. The third-order valence-corrected chi connectivity index (χ3v) is 4.55. The molecule has 4 heteroatoms. The Labute approximate surface area is 145 Å². The second-order valence-electron chi connectivity index (χ2n) is 5.19. The van der Waals surface area contributed by atoms with Gasteiger partial charge in [-0.05, 0) is 36.8 Å². The number of aryl methyl sites for hydroxylation is 1. The highest BCUT2D eigenvalue weighted by Gasteiger charge is 2.09. The molecule has 23 heavy (non-hydrogen) atoms. The molecule has 1 aromatic heterocycles. The minimum Gasteiger partial charge on any atom is -0.347 e. The van der Waals surface area contributed by atoms with Crippen LogP contribution in [0, 0.1) is 11.3 Å². The van der Waals surface area contributed by atoms with Crippen LogP contribution in [0.2, 0.25) is 10.0 Å². The monoisotopic (exact) mass is 340 g/mol. The van der Waals surface area contributed by atoms with Crippen molar-refractivity contribution in [1.29, 1.82) is 5.26 Å². The van der Waals surface area contributed by atoms with Gasteiger partial charge >= 0.3 is 0 Å². The Hall–Kier alpha value is -2.21. The summed E-state index contributed by atoms with van der Waals surface area (Å²) in [5, 5.41) is 11.6. The summed E-state index contributed by atoms with van der Waals surface area (Å²) in [7, 11) is 0. The van der Waals surface area contributed by atoms with E-state index in [2.05, 4.69) is 35.9 Å². The molecule has 2 nitrogen and oxygen atoms in total. The normalized spacial score (nSPS) is 11.7. The third kappa shape index (κ3) is 2.99. The van der Waals surface area contributed by atoms with Gasteiger partial charge in [-0.2, -0.15) is 5.26 Å². The second kappa shape index (κ2) is 6.50. The van der Waals surface area contributed by atoms with E-state index in [0.29, 0.717) is 15.6 Å². The summed E-state index contributed by atoms with van der Waals surface area (Å²) in [6.45, 7) is 2.98. The van der Waals surface area contributed by atoms with Crippen molar-refractivity contribution in [3.63, 3.8) is 0 Å². The highest BCUT2D eigenvalue weighted by atomic mass is 35.5. The number of halogens is 2. The van der Waals surface area contributed by atoms with E-state index in [1.807, 2.05) is 24.3 Å². The molecule has 0 bridgehead atoms. The van der Waals surface area contributed by atoms with Crippen molar-refractivity contribution in [2.45, 2.75) is 13.5 Å². The summed E-state index contributed by atoms with van der Waals surface area (Å²) >= 11 is 12.0. The topological polar surface area (TPSA) is 28.7 Å². The molecular formula is C19H14Cl2N2. The zero-order valence-electron chi connectivity index (χ0n) is 12.6. The molecule has 114 valence electrons. The van der Waals surface area contributed by atoms with Gasteiger partial charge in [0.1, 0.15) is 0 Å². The number of rotatable bonds is 3. The van der Waals surface area contributed by atoms with Gasteiger partial charge in [-0.15, -0.1) is 0 Å². The Kier molecular flexibility index (Phi) is 4.43. The van der Waals surface area contributed by atoms with Crippen LogP contribution in [0.5, 0.6) is 0 Å². The SMILES string of the molecule is CCn1cc(/C=C(\C#N)c2ccc(Cl)c(Cl)c2)c2ccccc21. The Balaban J connectivity index is 2.15.